The predicted octanol–water partition coefficient (Wildman–Crippen LogP) is 4.85. The molecule has 6 heteroatoms. The maximum Gasteiger partial charge on any atom is 0.243 e. The number of likely N-dealkylation sites (tertiary alicyclic amines) is 1. The lowest BCUT2D eigenvalue weighted by molar-refractivity contribution is -0.126. The summed E-state index contributed by atoms with van der Waals surface area (Å²) < 4.78 is 1.02. The molecule has 0 aromatic heterocycles. The SMILES string of the molecule is CC(=NNC(=O)C1CCN(Cc2ccccc2Cl)CC1)c1ccc(Br)cc1. The highest BCUT2D eigenvalue weighted by Crippen LogP contribution is 2.22. The Morgan fingerprint density at radius 3 is 2.52 bits per heavy atom. The van der Waals surface area contributed by atoms with E-state index >= 15 is 0 Å². The summed E-state index contributed by atoms with van der Waals surface area (Å²) in [5.74, 6) is 0.0119. The minimum absolute atomic E-state index is 0.00357. The zero-order chi connectivity index (χ0) is 19.2. The van der Waals surface area contributed by atoms with Crippen molar-refractivity contribution >= 4 is 39.1 Å². The fourth-order valence-electron chi connectivity index (χ4n) is 3.21. The Morgan fingerprint density at radius 2 is 1.85 bits per heavy atom. The van der Waals surface area contributed by atoms with E-state index in [-0.39, 0.29) is 11.8 Å². The molecule has 1 saturated heterocycles. The molecular weight excluding hydrogens is 426 g/mol. The van der Waals surface area contributed by atoms with Gasteiger partial charge < -0.3 is 0 Å². The van der Waals surface area contributed by atoms with Gasteiger partial charge in [0, 0.05) is 22.0 Å². The zero-order valence-corrected chi connectivity index (χ0v) is 17.6. The molecule has 0 spiro atoms. The lowest BCUT2D eigenvalue weighted by atomic mass is 9.96. The summed E-state index contributed by atoms with van der Waals surface area (Å²) in [4.78, 5) is 14.8. The van der Waals surface area contributed by atoms with E-state index in [1.165, 1.54) is 0 Å². The third kappa shape index (κ3) is 5.64. The number of rotatable bonds is 5. The molecule has 0 atom stereocenters. The van der Waals surface area contributed by atoms with Crippen LogP contribution in [0.25, 0.3) is 0 Å². The van der Waals surface area contributed by atoms with E-state index in [1.54, 1.807) is 0 Å². The van der Waals surface area contributed by atoms with Crippen LogP contribution in [0, 0.1) is 5.92 Å². The summed E-state index contributed by atoms with van der Waals surface area (Å²) >= 11 is 9.66. The van der Waals surface area contributed by atoms with Crippen LogP contribution in [0.15, 0.2) is 58.1 Å². The van der Waals surface area contributed by atoms with Crippen molar-refractivity contribution in [2.24, 2.45) is 11.0 Å². The fourth-order valence-corrected chi connectivity index (χ4v) is 3.67. The van der Waals surface area contributed by atoms with Gasteiger partial charge in [-0.1, -0.05) is 57.9 Å². The van der Waals surface area contributed by atoms with Gasteiger partial charge in [0.15, 0.2) is 0 Å². The molecule has 1 aliphatic heterocycles. The minimum atomic E-state index is 0.00357. The van der Waals surface area contributed by atoms with Crippen LogP contribution in [0.5, 0.6) is 0 Å². The standard InChI is InChI=1S/C21H23BrClN3O/c1-15(16-6-8-19(22)9-7-16)24-25-21(27)17-10-12-26(13-11-17)14-18-4-2-3-5-20(18)23/h2-9,17H,10-14H2,1H3,(H,25,27). The number of nitrogens with one attached hydrogen (secondary N) is 1. The molecule has 1 N–H and O–H groups in total. The number of piperidine rings is 1. The number of benzene rings is 2. The van der Waals surface area contributed by atoms with Crippen LogP contribution in [0.1, 0.15) is 30.9 Å². The van der Waals surface area contributed by atoms with Gasteiger partial charge >= 0.3 is 0 Å². The fraction of sp³-hybridized carbons (Fsp3) is 0.333. The molecule has 1 amide bonds. The zero-order valence-electron chi connectivity index (χ0n) is 15.3. The van der Waals surface area contributed by atoms with Crippen molar-refractivity contribution in [3.8, 4) is 0 Å². The van der Waals surface area contributed by atoms with Gasteiger partial charge in [-0.05, 0) is 62.2 Å². The Hall–Kier alpha value is -1.69. The third-order valence-corrected chi connectivity index (χ3v) is 5.80. The third-order valence-electron chi connectivity index (χ3n) is 4.91. The first-order valence-electron chi connectivity index (χ1n) is 9.09. The van der Waals surface area contributed by atoms with Gasteiger partial charge in [0.25, 0.3) is 0 Å². The smallest absolute Gasteiger partial charge is 0.243 e. The molecule has 2 aromatic rings. The second-order valence-corrected chi connectivity index (χ2v) is 8.14. The van der Waals surface area contributed by atoms with Gasteiger partial charge in [0.1, 0.15) is 0 Å². The number of hydrazone groups is 1. The first-order chi connectivity index (χ1) is 13.0. The molecule has 4 nitrogen and oxygen atoms in total. The number of amides is 1. The molecule has 1 fully saturated rings. The molecule has 2 aromatic carbocycles. The Balaban J connectivity index is 1.49. The molecule has 0 bridgehead atoms. The Bertz CT molecular complexity index is 814. The molecule has 3 rings (SSSR count). The monoisotopic (exact) mass is 447 g/mol. The van der Waals surface area contributed by atoms with Gasteiger partial charge in [-0.2, -0.15) is 5.10 Å². The van der Waals surface area contributed by atoms with Crippen molar-refractivity contribution in [2.45, 2.75) is 26.3 Å². The number of hydrogen-bond acceptors (Lipinski definition) is 3. The van der Waals surface area contributed by atoms with Crippen LogP contribution in [0.2, 0.25) is 5.02 Å². The molecule has 27 heavy (non-hydrogen) atoms. The maximum absolute atomic E-state index is 12.4. The van der Waals surface area contributed by atoms with Crippen molar-refractivity contribution in [1.82, 2.24) is 10.3 Å². The summed E-state index contributed by atoms with van der Waals surface area (Å²) in [5.41, 5.74) is 5.66. The average Bonchev–Trinajstić information content (AvgIpc) is 2.69. The van der Waals surface area contributed by atoms with Crippen LogP contribution in [0.3, 0.4) is 0 Å². The number of nitrogens with zero attached hydrogens (tertiary/aromatic N) is 2. The molecule has 1 heterocycles. The number of carbonyl (C=O) groups is 1. The largest absolute Gasteiger partial charge is 0.299 e. The van der Waals surface area contributed by atoms with Crippen LogP contribution in [-0.4, -0.2) is 29.6 Å². The van der Waals surface area contributed by atoms with E-state index in [9.17, 15) is 4.79 Å². The minimum Gasteiger partial charge on any atom is -0.299 e. The van der Waals surface area contributed by atoms with E-state index < -0.39 is 0 Å². The van der Waals surface area contributed by atoms with Crippen molar-refractivity contribution in [2.75, 3.05) is 13.1 Å². The van der Waals surface area contributed by atoms with Crippen LogP contribution in [0.4, 0.5) is 0 Å². The summed E-state index contributed by atoms with van der Waals surface area (Å²) in [5, 5.41) is 5.07. The lowest BCUT2D eigenvalue weighted by Crippen LogP contribution is -2.39. The predicted molar refractivity (Wildman–Crippen MR) is 114 cm³/mol. The second-order valence-electron chi connectivity index (χ2n) is 6.82. The first-order valence-corrected chi connectivity index (χ1v) is 10.3. The molecule has 0 aliphatic carbocycles. The van der Waals surface area contributed by atoms with Gasteiger partial charge in [-0.25, -0.2) is 5.43 Å². The molecular formula is C21H23BrClN3O. The Morgan fingerprint density at radius 1 is 1.19 bits per heavy atom. The quantitative estimate of drug-likeness (QED) is 0.525. The normalized spacial score (nSPS) is 16.3. The van der Waals surface area contributed by atoms with Crippen LogP contribution >= 0.6 is 27.5 Å². The average molecular weight is 449 g/mol. The van der Waals surface area contributed by atoms with Crippen molar-refractivity contribution in [1.29, 1.82) is 0 Å². The lowest BCUT2D eigenvalue weighted by Gasteiger charge is -2.31. The molecule has 0 radical (unpaired) electrons. The molecule has 0 unspecified atom stereocenters. The van der Waals surface area contributed by atoms with Crippen LogP contribution in [-0.2, 0) is 11.3 Å². The summed E-state index contributed by atoms with van der Waals surface area (Å²) in [6, 6.07) is 15.8. The van der Waals surface area contributed by atoms with Gasteiger partial charge in [-0.15, -0.1) is 0 Å². The highest BCUT2D eigenvalue weighted by Gasteiger charge is 2.25. The van der Waals surface area contributed by atoms with Gasteiger partial charge in [0.2, 0.25) is 5.91 Å². The van der Waals surface area contributed by atoms with E-state index in [4.69, 9.17) is 11.6 Å². The number of hydrogen-bond donors (Lipinski definition) is 1. The summed E-state index contributed by atoms with van der Waals surface area (Å²) in [6.07, 6.45) is 1.67. The van der Waals surface area contributed by atoms with E-state index in [2.05, 4.69) is 37.4 Å². The number of halogens is 2. The number of carbonyl (C=O) groups excluding carboxylic acids is 1. The van der Waals surface area contributed by atoms with Crippen molar-refractivity contribution < 1.29 is 4.79 Å². The Kier molecular flexibility index (Phi) is 7.05. The van der Waals surface area contributed by atoms with E-state index in [0.717, 1.165) is 58.8 Å². The summed E-state index contributed by atoms with van der Waals surface area (Å²) in [7, 11) is 0. The molecule has 1 aliphatic rings. The Labute approximate surface area is 173 Å². The maximum atomic E-state index is 12.4. The topological polar surface area (TPSA) is 44.7 Å². The van der Waals surface area contributed by atoms with Crippen molar-refractivity contribution in [3.05, 3.63) is 69.2 Å². The van der Waals surface area contributed by atoms with Crippen LogP contribution < -0.4 is 5.43 Å². The van der Waals surface area contributed by atoms with Gasteiger partial charge in [0.05, 0.1) is 5.71 Å². The van der Waals surface area contributed by atoms with Gasteiger partial charge in [-0.3, -0.25) is 9.69 Å². The molecule has 142 valence electrons. The van der Waals surface area contributed by atoms with Crippen molar-refractivity contribution in [3.63, 3.8) is 0 Å². The second kappa shape index (κ2) is 9.49. The highest BCUT2D eigenvalue weighted by molar-refractivity contribution is 9.10. The van der Waals surface area contributed by atoms with E-state index in [0.29, 0.717) is 0 Å². The summed E-state index contributed by atoms with van der Waals surface area (Å²) in [6.45, 7) is 4.50. The first kappa shape index (κ1) is 20.1. The molecule has 0 saturated carbocycles. The van der Waals surface area contributed by atoms with E-state index in [1.807, 2.05) is 49.4 Å². The highest BCUT2D eigenvalue weighted by atomic mass is 79.9.